The molecule has 1 aliphatic rings. The van der Waals surface area contributed by atoms with Gasteiger partial charge in [-0.25, -0.2) is 0 Å². The van der Waals surface area contributed by atoms with Crippen molar-refractivity contribution in [3.05, 3.63) is 59.4 Å². The summed E-state index contributed by atoms with van der Waals surface area (Å²) in [6.07, 6.45) is 2.64. The molecule has 27 heavy (non-hydrogen) atoms. The molecular weight excluding hydrogens is 368 g/mol. The number of ether oxygens (including phenoxy) is 1. The van der Waals surface area contributed by atoms with Gasteiger partial charge in [0.15, 0.2) is 0 Å². The molecule has 1 saturated heterocycles. The van der Waals surface area contributed by atoms with E-state index in [0.29, 0.717) is 30.8 Å². The van der Waals surface area contributed by atoms with Crippen molar-refractivity contribution in [2.45, 2.75) is 24.5 Å². The molecule has 1 atom stereocenters. The summed E-state index contributed by atoms with van der Waals surface area (Å²) >= 11 is 1.02. The summed E-state index contributed by atoms with van der Waals surface area (Å²) in [4.78, 5) is 37.7. The van der Waals surface area contributed by atoms with Crippen molar-refractivity contribution in [3.8, 4) is 5.75 Å². The van der Waals surface area contributed by atoms with E-state index in [-0.39, 0.29) is 22.8 Å². The topological polar surface area (TPSA) is 106 Å². The number of thioether (sulfide) groups is 1. The first-order valence-electron chi connectivity index (χ1n) is 8.38. The zero-order valence-corrected chi connectivity index (χ0v) is 15.2. The number of nitrogens with zero attached hydrogens (tertiary/aromatic N) is 1. The summed E-state index contributed by atoms with van der Waals surface area (Å²) in [7, 11) is 0. The van der Waals surface area contributed by atoms with Gasteiger partial charge in [-0.1, -0.05) is 30.0 Å². The summed E-state index contributed by atoms with van der Waals surface area (Å²) in [5.74, 6) is -0.414. The van der Waals surface area contributed by atoms with Gasteiger partial charge in [-0.2, -0.15) is 0 Å². The average Bonchev–Trinajstić information content (AvgIpc) is 2.94. The standard InChI is InChI=1S/C19H18N2O5S/c22-17(23)10-13-1-4-14(20-11-13)7-8-26-15-5-2-12(3-6-15)9-16-18(24)21-19(25)27-16/h1-6,11,16H,7-10H2,(H,22,23)(H,21,24,25)/t16-/m1/s1. The molecule has 2 aromatic rings. The van der Waals surface area contributed by atoms with E-state index in [1.165, 1.54) is 0 Å². The fourth-order valence-electron chi connectivity index (χ4n) is 2.62. The van der Waals surface area contributed by atoms with Gasteiger partial charge in [0.1, 0.15) is 5.75 Å². The van der Waals surface area contributed by atoms with Gasteiger partial charge in [0, 0.05) is 18.3 Å². The molecule has 1 aromatic carbocycles. The van der Waals surface area contributed by atoms with Crippen LogP contribution in [0.15, 0.2) is 42.6 Å². The summed E-state index contributed by atoms with van der Waals surface area (Å²) < 4.78 is 5.70. The van der Waals surface area contributed by atoms with Crippen LogP contribution in [0.3, 0.4) is 0 Å². The third kappa shape index (κ3) is 5.55. The maximum atomic E-state index is 11.6. The Balaban J connectivity index is 1.45. The Kier molecular flexibility index (Phi) is 6.08. The van der Waals surface area contributed by atoms with Crippen molar-refractivity contribution in [2.75, 3.05) is 6.61 Å². The Hall–Kier alpha value is -2.87. The van der Waals surface area contributed by atoms with Crippen LogP contribution >= 0.6 is 11.8 Å². The quantitative estimate of drug-likeness (QED) is 0.716. The Morgan fingerprint density at radius 3 is 2.48 bits per heavy atom. The summed E-state index contributed by atoms with van der Waals surface area (Å²) in [6, 6.07) is 11.0. The van der Waals surface area contributed by atoms with E-state index in [2.05, 4.69) is 10.3 Å². The number of carboxylic acid groups (broad SMARTS) is 1. The molecule has 2 heterocycles. The summed E-state index contributed by atoms with van der Waals surface area (Å²) in [5, 5.41) is 10.4. The van der Waals surface area contributed by atoms with Gasteiger partial charge < -0.3 is 9.84 Å². The van der Waals surface area contributed by atoms with Crippen LogP contribution in [0, 0.1) is 0 Å². The van der Waals surface area contributed by atoms with E-state index in [1.54, 1.807) is 18.3 Å². The Morgan fingerprint density at radius 1 is 1.15 bits per heavy atom. The number of hydrogen-bond donors (Lipinski definition) is 2. The normalized spacial score (nSPS) is 16.2. The first kappa shape index (κ1) is 18.9. The maximum Gasteiger partial charge on any atom is 0.307 e. The first-order valence-corrected chi connectivity index (χ1v) is 9.26. The van der Waals surface area contributed by atoms with Gasteiger partial charge >= 0.3 is 5.97 Å². The minimum absolute atomic E-state index is 0.0364. The summed E-state index contributed by atoms with van der Waals surface area (Å²) in [6.45, 7) is 0.444. The number of benzene rings is 1. The van der Waals surface area contributed by atoms with Gasteiger partial charge in [0.2, 0.25) is 5.91 Å². The molecule has 2 amide bonds. The SMILES string of the molecule is O=C(O)Cc1ccc(CCOc2ccc(C[C@H]3SC(=O)NC3=O)cc2)nc1. The predicted molar refractivity (Wildman–Crippen MR) is 99.8 cm³/mol. The van der Waals surface area contributed by atoms with Crippen molar-refractivity contribution in [1.29, 1.82) is 0 Å². The molecule has 0 spiro atoms. The molecule has 0 bridgehead atoms. The molecule has 8 heteroatoms. The van der Waals surface area contributed by atoms with Gasteiger partial charge in [-0.3, -0.25) is 24.7 Å². The third-order valence-corrected chi connectivity index (χ3v) is 4.96. The van der Waals surface area contributed by atoms with E-state index in [4.69, 9.17) is 9.84 Å². The molecule has 0 saturated carbocycles. The second-order valence-corrected chi connectivity index (χ2v) is 7.23. The van der Waals surface area contributed by atoms with Crippen molar-refractivity contribution in [3.63, 3.8) is 0 Å². The number of nitrogens with one attached hydrogen (secondary N) is 1. The lowest BCUT2D eigenvalue weighted by Gasteiger charge is -2.09. The number of pyridine rings is 1. The maximum absolute atomic E-state index is 11.6. The van der Waals surface area contributed by atoms with Crippen LogP contribution in [0.1, 0.15) is 16.8 Å². The second-order valence-electron chi connectivity index (χ2n) is 6.06. The van der Waals surface area contributed by atoms with Crippen LogP contribution in [-0.2, 0) is 28.9 Å². The molecule has 140 valence electrons. The van der Waals surface area contributed by atoms with Crippen molar-refractivity contribution < 1.29 is 24.2 Å². The Labute approximate surface area is 160 Å². The molecule has 7 nitrogen and oxygen atoms in total. The van der Waals surface area contributed by atoms with Crippen LogP contribution in [0.4, 0.5) is 4.79 Å². The molecule has 0 radical (unpaired) electrons. The minimum atomic E-state index is -0.880. The molecular formula is C19H18N2O5S. The third-order valence-electron chi connectivity index (χ3n) is 3.98. The van der Waals surface area contributed by atoms with Crippen LogP contribution in [0.5, 0.6) is 5.75 Å². The number of carboxylic acids is 1. The predicted octanol–water partition coefficient (Wildman–Crippen LogP) is 2.22. The smallest absolute Gasteiger partial charge is 0.307 e. The average molecular weight is 386 g/mol. The number of aliphatic carboxylic acids is 1. The molecule has 1 fully saturated rings. The highest BCUT2D eigenvalue weighted by molar-refractivity contribution is 8.15. The van der Waals surface area contributed by atoms with Crippen LogP contribution in [0.25, 0.3) is 0 Å². The Morgan fingerprint density at radius 2 is 1.89 bits per heavy atom. The molecule has 3 rings (SSSR count). The minimum Gasteiger partial charge on any atom is -0.493 e. The fraction of sp³-hybridized carbons (Fsp3) is 0.263. The van der Waals surface area contributed by atoms with E-state index < -0.39 is 5.97 Å². The highest BCUT2D eigenvalue weighted by Gasteiger charge is 2.31. The fourth-order valence-corrected chi connectivity index (χ4v) is 3.48. The monoisotopic (exact) mass is 386 g/mol. The molecule has 0 aliphatic carbocycles. The van der Waals surface area contributed by atoms with E-state index >= 15 is 0 Å². The summed E-state index contributed by atoms with van der Waals surface area (Å²) in [5.41, 5.74) is 2.45. The highest BCUT2D eigenvalue weighted by atomic mass is 32.2. The molecule has 1 aromatic heterocycles. The van der Waals surface area contributed by atoms with Gasteiger partial charge in [-0.15, -0.1) is 0 Å². The van der Waals surface area contributed by atoms with Gasteiger partial charge in [0.05, 0.1) is 18.3 Å². The largest absolute Gasteiger partial charge is 0.493 e. The second kappa shape index (κ2) is 8.68. The van der Waals surface area contributed by atoms with E-state index in [1.807, 2.05) is 24.3 Å². The number of imide groups is 1. The van der Waals surface area contributed by atoms with Gasteiger partial charge in [-0.05, 0) is 35.7 Å². The zero-order chi connectivity index (χ0) is 19.2. The molecule has 1 aliphatic heterocycles. The van der Waals surface area contributed by atoms with Crippen LogP contribution in [0.2, 0.25) is 0 Å². The highest BCUT2D eigenvalue weighted by Crippen LogP contribution is 2.23. The lowest BCUT2D eigenvalue weighted by atomic mass is 10.1. The number of carbonyl (C=O) groups excluding carboxylic acids is 2. The number of carbonyl (C=O) groups is 3. The van der Waals surface area contributed by atoms with Crippen molar-refractivity contribution >= 4 is 28.9 Å². The number of amides is 2. The van der Waals surface area contributed by atoms with E-state index in [0.717, 1.165) is 23.0 Å². The van der Waals surface area contributed by atoms with Gasteiger partial charge in [0.25, 0.3) is 5.24 Å². The first-order chi connectivity index (χ1) is 13.0. The number of aromatic nitrogens is 1. The Bertz CT molecular complexity index is 836. The number of rotatable bonds is 8. The number of hydrogen-bond acceptors (Lipinski definition) is 6. The zero-order valence-electron chi connectivity index (χ0n) is 14.4. The lowest BCUT2D eigenvalue weighted by molar-refractivity contribution is -0.136. The van der Waals surface area contributed by atoms with E-state index in [9.17, 15) is 14.4 Å². The molecule has 0 unspecified atom stereocenters. The van der Waals surface area contributed by atoms with Crippen LogP contribution < -0.4 is 10.1 Å². The van der Waals surface area contributed by atoms with Crippen molar-refractivity contribution in [2.24, 2.45) is 0 Å². The molecule has 2 N–H and O–H groups in total. The van der Waals surface area contributed by atoms with Crippen molar-refractivity contribution in [1.82, 2.24) is 10.3 Å². The van der Waals surface area contributed by atoms with Crippen LogP contribution in [-0.4, -0.2) is 39.1 Å². The lowest BCUT2D eigenvalue weighted by Crippen LogP contribution is -2.25.